The molecule has 0 aromatic carbocycles. The summed E-state index contributed by atoms with van der Waals surface area (Å²) in [7, 11) is 0. The summed E-state index contributed by atoms with van der Waals surface area (Å²) in [6.45, 7) is 6.81. The molecule has 2 saturated heterocycles. The number of halogens is 3. The molecule has 2 fully saturated rings. The number of aryl methyl sites for hydroxylation is 1. The van der Waals surface area contributed by atoms with Crippen molar-refractivity contribution in [1.29, 1.82) is 0 Å². The summed E-state index contributed by atoms with van der Waals surface area (Å²) in [4.78, 5) is 18.8. The van der Waals surface area contributed by atoms with Gasteiger partial charge in [0.1, 0.15) is 17.0 Å². The van der Waals surface area contributed by atoms with E-state index in [-0.39, 0.29) is 0 Å². The molecular formula is C22H24F3N5S. The van der Waals surface area contributed by atoms with Crippen LogP contribution in [0, 0.1) is 18.8 Å². The summed E-state index contributed by atoms with van der Waals surface area (Å²) in [5, 5.41) is 0.744. The molecule has 5 nitrogen and oxygen atoms in total. The maximum absolute atomic E-state index is 12.8. The van der Waals surface area contributed by atoms with Crippen LogP contribution in [0.25, 0.3) is 10.2 Å². The van der Waals surface area contributed by atoms with Gasteiger partial charge >= 0.3 is 6.18 Å². The van der Waals surface area contributed by atoms with Crippen molar-refractivity contribution in [1.82, 2.24) is 19.9 Å². The molecule has 164 valence electrons. The van der Waals surface area contributed by atoms with Gasteiger partial charge in [-0.1, -0.05) is 6.07 Å². The smallest absolute Gasteiger partial charge is 0.355 e. The maximum atomic E-state index is 12.8. The van der Waals surface area contributed by atoms with Crippen LogP contribution in [0.5, 0.6) is 0 Å². The lowest BCUT2D eigenvalue weighted by atomic mass is 9.88. The fourth-order valence-electron chi connectivity index (χ4n) is 4.92. The Morgan fingerprint density at radius 1 is 1.13 bits per heavy atom. The second-order valence-electron chi connectivity index (χ2n) is 8.62. The average molecular weight is 448 g/mol. The molecule has 2 aliphatic heterocycles. The lowest BCUT2D eigenvalue weighted by Gasteiger charge is -2.34. The first-order valence-electron chi connectivity index (χ1n) is 10.5. The molecule has 3 aromatic heterocycles. The van der Waals surface area contributed by atoms with Gasteiger partial charge < -0.3 is 4.90 Å². The molecule has 2 atom stereocenters. The molecule has 0 bridgehead atoms. The Morgan fingerprint density at radius 2 is 1.97 bits per heavy atom. The normalized spacial score (nSPS) is 22.3. The first-order chi connectivity index (χ1) is 14.9. The van der Waals surface area contributed by atoms with E-state index < -0.39 is 12.6 Å². The van der Waals surface area contributed by atoms with Crippen LogP contribution in [0.4, 0.5) is 19.0 Å². The number of piperidine rings is 1. The monoisotopic (exact) mass is 447 g/mol. The van der Waals surface area contributed by atoms with Crippen LogP contribution in [0.2, 0.25) is 0 Å². The van der Waals surface area contributed by atoms with Gasteiger partial charge in [-0.3, -0.25) is 9.88 Å². The molecule has 31 heavy (non-hydrogen) atoms. The van der Waals surface area contributed by atoms with Crippen molar-refractivity contribution >= 4 is 27.4 Å². The van der Waals surface area contributed by atoms with Gasteiger partial charge in [0.25, 0.3) is 0 Å². The zero-order chi connectivity index (χ0) is 21.6. The summed E-state index contributed by atoms with van der Waals surface area (Å²) in [6, 6.07) is 5.75. The van der Waals surface area contributed by atoms with Gasteiger partial charge in [-0.15, -0.1) is 11.3 Å². The van der Waals surface area contributed by atoms with Gasteiger partial charge in [0.05, 0.1) is 11.8 Å². The Hall–Kier alpha value is -2.26. The molecule has 9 heteroatoms. The minimum atomic E-state index is -4.22. The van der Waals surface area contributed by atoms with Crippen LogP contribution in [0.15, 0.2) is 30.7 Å². The number of hydrogen-bond acceptors (Lipinski definition) is 6. The Morgan fingerprint density at radius 3 is 2.77 bits per heavy atom. The molecule has 0 radical (unpaired) electrons. The lowest BCUT2D eigenvalue weighted by molar-refractivity contribution is -0.126. The van der Waals surface area contributed by atoms with Crippen molar-refractivity contribution in [2.24, 2.45) is 11.8 Å². The van der Waals surface area contributed by atoms with E-state index in [1.165, 1.54) is 11.9 Å². The molecule has 3 aromatic rings. The largest absolute Gasteiger partial charge is 0.393 e. The van der Waals surface area contributed by atoms with Crippen LogP contribution in [-0.4, -0.2) is 52.2 Å². The van der Waals surface area contributed by atoms with Crippen LogP contribution >= 0.6 is 11.3 Å². The number of aromatic nitrogens is 3. The SMILES string of the molecule is Cc1ncccc1CN1CC[C@@H]2CN(c3ncnc4sc(CC(F)(F)F)cc34)C[C@@H]2C1. The average Bonchev–Trinajstić information content (AvgIpc) is 3.31. The number of pyridine rings is 1. The van der Waals surface area contributed by atoms with Crippen LogP contribution in [-0.2, 0) is 13.0 Å². The van der Waals surface area contributed by atoms with Gasteiger partial charge in [-0.05, 0) is 49.4 Å². The van der Waals surface area contributed by atoms with E-state index in [4.69, 9.17) is 0 Å². The summed E-state index contributed by atoms with van der Waals surface area (Å²) >= 11 is 1.11. The highest BCUT2D eigenvalue weighted by molar-refractivity contribution is 7.18. The molecule has 0 unspecified atom stereocenters. The number of hydrogen-bond donors (Lipinski definition) is 0. The van der Waals surface area contributed by atoms with Crippen LogP contribution < -0.4 is 4.90 Å². The van der Waals surface area contributed by atoms with Crippen molar-refractivity contribution < 1.29 is 13.2 Å². The van der Waals surface area contributed by atoms with Gasteiger partial charge in [0.2, 0.25) is 0 Å². The first kappa shape index (κ1) is 20.6. The van der Waals surface area contributed by atoms with E-state index in [2.05, 4.69) is 30.8 Å². The fraction of sp³-hybridized carbons (Fsp3) is 0.500. The molecule has 5 heterocycles. The lowest BCUT2D eigenvalue weighted by Crippen LogP contribution is -2.39. The van der Waals surface area contributed by atoms with Gasteiger partial charge in [0.15, 0.2) is 0 Å². The second kappa shape index (κ2) is 8.02. The van der Waals surface area contributed by atoms with Crippen molar-refractivity contribution in [3.8, 4) is 0 Å². The standard InChI is InChI=1S/C22H24F3N5S/c1-14-15(3-2-5-26-14)9-29-6-4-16-11-30(12-17(16)10-29)20-19-7-18(8-22(23,24)25)31-21(19)28-13-27-20/h2-3,5,7,13,16-17H,4,6,8-12H2,1H3/t16-,17+/m1/s1. The number of fused-ring (bicyclic) bond motifs is 2. The number of rotatable bonds is 4. The first-order valence-corrected chi connectivity index (χ1v) is 11.4. The van der Waals surface area contributed by atoms with Crippen molar-refractivity contribution in [2.45, 2.75) is 32.5 Å². The molecule has 0 N–H and O–H groups in total. The minimum absolute atomic E-state index is 0.291. The highest BCUT2D eigenvalue weighted by Gasteiger charge is 2.38. The van der Waals surface area contributed by atoms with Gasteiger partial charge in [0, 0.05) is 42.9 Å². The fourth-order valence-corrected chi connectivity index (χ4v) is 5.94. The Labute approximate surface area is 182 Å². The number of anilines is 1. The number of thiophene rings is 1. The topological polar surface area (TPSA) is 45.2 Å². The number of nitrogens with zero attached hydrogens (tertiary/aromatic N) is 5. The molecule has 0 saturated carbocycles. The Kier molecular flexibility index (Phi) is 5.34. The molecule has 0 aliphatic carbocycles. The number of alkyl halides is 3. The van der Waals surface area contributed by atoms with Crippen molar-refractivity contribution in [3.05, 3.63) is 46.9 Å². The minimum Gasteiger partial charge on any atom is -0.355 e. The summed E-state index contributed by atoms with van der Waals surface area (Å²) < 4.78 is 38.5. The Balaban J connectivity index is 1.31. The van der Waals surface area contributed by atoms with E-state index in [1.807, 2.05) is 19.2 Å². The second-order valence-corrected chi connectivity index (χ2v) is 9.73. The van der Waals surface area contributed by atoms with Crippen molar-refractivity contribution in [3.63, 3.8) is 0 Å². The summed E-state index contributed by atoms with van der Waals surface area (Å²) in [6.07, 6.45) is -0.704. The van der Waals surface area contributed by atoms with Crippen molar-refractivity contribution in [2.75, 3.05) is 31.1 Å². The van der Waals surface area contributed by atoms with E-state index in [9.17, 15) is 13.2 Å². The predicted octanol–water partition coefficient (Wildman–Crippen LogP) is 4.46. The highest BCUT2D eigenvalue weighted by atomic mass is 32.1. The van der Waals surface area contributed by atoms with Gasteiger partial charge in [-0.25, -0.2) is 9.97 Å². The van der Waals surface area contributed by atoms with E-state index in [0.717, 1.165) is 67.4 Å². The number of likely N-dealkylation sites (tertiary alicyclic amines) is 1. The Bertz CT molecular complexity index is 1080. The quantitative estimate of drug-likeness (QED) is 0.591. The molecule has 0 spiro atoms. The molecule has 0 amide bonds. The molecule has 2 aliphatic rings. The third-order valence-corrected chi connectivity index (χ3v) is 7.47. The van der Waals surface area contributed by atoms with Crippen LogP contribution in [0.1, 0.15) is 22.6 Å². The molecular weight excluding hydrogens is 423 g/mol. The maximum Gasteiger partial charge on any atom is 0.393 e. The third-order valence-electron chi connectivity index (χ3n) is 6.43. The van der Waals surface area contributed by atoms with E-state index >= 15 is 0 Å². The van der Waals surface area contributed by atoms with E-state index in [1.54, 1.807) is 6.07 Å². The predicted molar refractivity (Wildman–Crippen MR) is 115 cm³/mol. The zero-order valence-electron chi connectivity index (χ0n) is 17.3. The third kappa shape index (κ3) is 4.39. The van der Waals surface area contributed by atoms with E-state index in [0.29, 0.717) is 21.5 Å². The van der Waals surface area contributed by atoms with Gasteiger partial charge in [-0.2, -0.15) is 13.2 Å². The van der Waals surface area contributed by atoms with Crippen LogP contribution in [0.3, 0.4) is 0 Å². The summed E-state index contributed by atoms with van der Waals surface area (Å²) in [5.41, 5.74) is 2.34. The zero-order valence-corrected chi connectivity index (χ0v) is 18.1. The molecule has 5 rings (SSSR count). The highest BCUT2D eigenvalue weighted by Crippen LogP contribution is 2.38. The summed E-state index contributed by atoms with van der Waals surface area (Å²) in [5.74, 6) is 1.90.